The van der Waals surface area contributed by atoms with Crippen molar-refractivity contribution in [1.29, 1.82) is 0 Å². The van der Waals surface area contributed by atoms with Crippen LogP contribution >= 0.6 is 11.8 Å². The SMILES string of the molecule is CC(CNC1CC1)CSc1nnc2ccccn12. The van der Waals surface area contributed by atoms with Gasteiger partial charge in [0, 0.05) is 18.0 Å². The van der Waals surface area contributed by atoms with Gasteiger partial charge in [-0.3, -0.25) is 4.40 Å². The van der Waals surface area contributed by atoms with E-state index in [1.54, 1.807) is 11.8 Å². The lowest BCUT2D eigenvalue weighted by Crippen LogP contribution is -2.24. The molecule has 1 unspecified atom stereocenters. The van der Waals surface area contributed by atoms with Crippen LogP contribution in [0, 0.1) is 5.92 Å². The van der Waals surface area contributed by atoms with Crippen molar-refractivity contribution in [3.05, 3.63) is 24.4 Å². The number of nitrogens with zero attached hydrogens (tertiary/aromatic N) is 3. The summed E-state index contributed by atoms with van der Waals surface area (Å²) in [6.45, 7) is 3.39. The first-order valence-corrected chi connectivity index (χ1v) is 7.47. The molecule has 3 rings (SSSR count). The van der Waals surface area contributed by atoms with Crippen molar-refractivity contribution in [1.82, 2.24) is 19.9 Å². The highest BCUT2D eigenvalue weighted by Gasteiger charge is 2.20. The van der Waals surface area contributed by atoms with Gasteiger partial charge in [0.1, 0.15) is 0 Å². The van der Waals surface area contributed by atoms with Crippen LogP contribution < -0.4 is 5.32 Å². The zero-order valence-corrected chi connectivity index (χ0v) is 11.4. The third-order valence-corrected chi connectivity index (χ3v) is 4.38. The minimum absolute atomic E-state index is 0.659. The van der Waals surface area contributed by atoms with Crippen molar-refractivity contribution in [3.8, 4) is 0 Å². The van der Waals surface area contributed by atoms with E-state index in [1.165, 1.54) is 12.8 Å². The number of hydrogen-bond donors (Lipinski definition) is 1. The van der Waals surface area contributed by atoms with Gasteiger partial charge < -0.3 is 5.32 Å². The number of pyridine rings is 1. The van der Waals surface area contributed by atoms with E-state index in [4.69, 9.17) is 0 Å². The van der Waals surface area contributed by atoms with Gasteiger partial charge in [0.15, 0.2) is 10.8 Å². The zero-order chi connectivity index (χ0) is 12.4. The molecule has 1 aliphatic rings. The van der Waals surface area contributed by atoms with Crippen LogP contribution in [0.2, 0.25) is 0 Å². The summed E-state index contributed by atoms with van der Waals surface area (Å²) < 4.78 is 2.05. The van der Waals surface area contributed by atoms with Gasteiger partial charge in [0.25, 0.3) is 0 Å². The Labute approximate surface area is 111 Å². The van der Waals surface area contributed by atoms with Gasteiger partial charge in [-0.1, -0.05) is 24.8 Å². The molecule has 18 heavy (non-hydrogen) atoms. The first kappa shape index (κ1) is 12.0. The van der Waals surface area contributed by atoms with Crippen LogP contribution in [0.15, 0.2) is 29.6 Å². The van der Waals surface area contributed by atoms with E-state index in [0.717, 1.165) is 29.1 Å². The van der Waals surface area contributed by atoms with Crippen LogP contribution in [0.5, 0.6) is 0 Å². The van der Waals surface area contributed by atoms with Gasteiger partial charge in [-0.25, -0.2) is 0 Å². The number of fused-ring (bicyclic) bond motifs is 1. The standard InChI is InChI=1S/C13H18N4S/c1-10(8-14-11-5-6-11)9-18-13-16-15-12-4-2-3-7-17(12)13/h2-4,7,10-11,14H,5-6,8-9H2,1H3. The van der Waals surface area contributed by atoms with E-state index in [-0.39, 0.29) is 0 Å². The van der Waals surface area contributed by atoms with Crippen molar-refractivity contribution < 1.29 is 0 Å². The number of nitrogens with one attached hydrogen (secondary N) is 1. The fourth-order valence-corrected chi connectivity index (χ4v) is 2.79. The van der Waals surface area contributed by atoms with Gasteiger partial charge in [-0.2, -0.15) is 0 Å². The summed E-state index contributed by atoms with van der Waals surface area (Å²) in [4.78, 5) is 0. The van der Waals surface area contributed by atoms with Gasteiger partial charge in [0.2, 0.25) is 0 Å². The fourth-order valence-electron chi connectivity index (χ4n) is 1.85. The molecule has 0 bridgehead atoms. The predicted molar refractivity (Wildman–Crippen MR) is 73.9 cm³/mol. The Hall–Kier alpha value is -1.07. The van der Waals surface area contributed by atoms with Gasteiger partial charge in [-0.05, 0) is 37.4 Å². The van der Waals surface area contributed by atoms with E-state index < -0.39 is 0 Å². The summed E-state index contributed by atoms with van der Waals surface area (Å²) in [5.74, 6) is 1.74. The Kier molecular flexibility index (Phi) is 3.52. The lowest BCUT2D eigenvalue weighted by atomic mass is 10.2. The molecule has 2 heterocycles. The smallest absolute Gasteiger partial charge is 0.195 e. The maximum Gasteiger partial charge on any atom is 0.195 e. The molecular formula is C13H18N4S. The molecule has 0 amide bonds. The second kappa shape index (κ2) is 5.28. The quantitative estimate of drug-likeness (QED) is 0.811. The molecule has 96 valence electrons. The molecule has 4 nitrogen and oxygen atoms in total. The van der Waals surface area contributed by atoms with Crippen molar-refractivity contribution in [2.75, 3.05) is 12.3 Å². The van der Waals surface area contributed by atoms with Crippen molar-refractivity contribution in [2.24, 2.45) is 5.92 Å². The minimum atomic E-state index is 0.659. The molecule has 1 atom stereocenters. The maximum atomic E-state index is 4.23. The highest BCUT2D eigenvalue weighted by molar-refractivity contribution is 7.99. The lowest BCUT2D eigenvalue weighted by Gasteiger charge is -2.10. The second-order valence-electron chi connectivity index (χ2n) is 5.01. The molecular weight excluding hydrogens is 244 g/mol. The number of hydrogen-bond acceptors (Lipinski definition) is 4. The Bertz CT molecular complexity index is 520. The van der Waals surface area contributed by atoms with E-state index in [2.05, 4.69) is 22.4 Å². The molecule has 1 N–H and O–H groups in total. The summed E-state index contributed by atoms with van der Waals surface area (Å²) >= 11 is 1.79. The largest absolute Gasteiger partial charge is 0.314 e. The first-order valence-electron chi connectivity index (χ1n) is 6.49. The van der Waals surface area contributed by atoms with Crippen LogP contribution in [0.4, 0.5) is 0 Å². The summed E-state index contributed by atoms with van der Waals surface area (Å²) in [7, 11) is 0. The molecule has 2 aromatic heterocycles. The summed E-state index contributed by atoms with van der Waals surface area (Å²) in [6.07, 6.45) is 4.73. The Balaban J connectivity index is 1.55. The fraction of sp³-hybridized carbons (Fsp3) is 0.538. The van der Waals surface area contributed by atoms with Crippen LogP contribution in [0.3, 0.4) is 0 Å². The van der Waals surface area contributed by atoms with E-state index in [1.807, 2.05) is 28.8 Å². The molecule has 0 radical (unpaired) electrons. The van der Waals surface area contributed by atoms with E-state index in [9.17, 15) is 0 Å². The third kappa shape index (κ3) is 2.84. The molecule has 0 spiro atoms. The Morgan fingerprint density at radius 3 is 3.17 bits per heavy atom. The van der Waals surface area contributed by atoms with Crippen LogP contribution in [-0.2, 0) is 0 Å². The first-order chi connectivity index (χ1) is 8.83. The lowest BCUT2D eigenvalue weighted by molar-refractivity contribution is 0.556. The van der Waals surface area contributed by atoms with Crippen LogP contribution in [0.25, 0.3) is 5.65 Å². The van der Waals surface area contributed by atoms with Gasteiger partial charge in [-0.15, -0.1) is 10.2 Å². The zero-order valence-electron chi connectivity index (χ0n) is 10.5. The van der Waals surface area contributed by atoms with Crippen molar-refractivity contribution in [2.45, 2.75) is 31.0 Å². The van der Waals surface area contributed by atoms with Crippen LogP contribution in [-0.4, -0.2) is 32.9 Å². The predicted octanol–water partition coefficient (Wildman–Crippen LogP) is 2.21. The maximum absolute atomic E-state index is 4.23. The summed E-state index contributed by atoms with van der Waals surface area (Å²) in [6, 6.07) is 6.78. The highest BCUT2D eigenvalue weighted by atomic mass is 32.2. The highest BCUT2D eigenvalue weighted by Crippen LogP contribution is 2.21. The van der Waals surface area contributed by atoms with Gasteiger partial charge in [0.05, 0.1) is 0 Å². The second-order valence-corrected chi connectivity index (χ2v) is 6.00. The summed E-state index contributed by atoms with van der Waals surface area (Å²) in [5, 5.41) is 12.9. The molecule has 2 aromatic rings. The average Bonchev–Trinajstić information content (AvgIpc) is 3.14. The molecule has 1 fully saturated rings. The molecule has 5 heteroatoms. The number of thioether (sulfide) groups is 1. The number of aromatic nitrogens is 3. The molecule has 1 saturated carbocycles. The third-order valence-electron chi connectivity index (χ3n) is 3.11. The summed E-state index contributed by atoms with van der Waals surface area (Å²) in [5.41, 5.74) is 0.920. The van der Waals surface area contributed by atoms with E-state index in [0.29, 0.717) is 5.92 Å². The van der Waals surface area contributed by atoms with Crippen LogP contribution in [0.1, 0.15) is 19.8 Å². The molecule has 0 saturated heterocycles. The number of rotatable bonds is 6. The molecule has 0 aliphatic heterocycles. The Morgan fingerprint density at radius 1 is 1.44 bits per heavy atom. The normalized spacial score (nSPS) is 17.2. The Morgan fingerprint density at radius 2 is 2.33 bits per heavy atom. The molecule has 1 aliphatic carbocycles. The topological polar surface area (TPSA) is 42.2 Å². The minimum Gasteiger partial charge on any atom is -0.314 e. The average molecular weight is 262 g/mol. The monoisotopic (exact) mass is 262 g/mol. The van der Waals surface area contributed by atoms with Crippen molar-refractivity contribution >= 4 is 17.4 Å². The van der Waals surface area contributed by atoms with E-state index >= 15 is 0 Å². The molecule has 0 aromatic carbocycles. The van der Waals surface area contributed by atoms with Crippen molar-refractivity contribution in [3.63, 3.8) is 0 Å². The van der Waals surface area contributed by atoms with Gasteiger partial charge >= 0.3 is 0 Å².